The Hall–Kier alpha value is -1.33. The van der Waals surface area contributed by atoms with E-state index in [1.165, 1.54) is 0 Å². The number of hydrogen-bond donors (Lipinski definition) is 2. The third kappa shape index (κ3) is 4.58. The Balaban J connectivity index is 1.97. The second-order valence-electron chi connectivity index (χ2n) is 5.63. The zero-order chi connectivity index (χ0) is 15.4. The van der Waals surface area contributed by atoms with Gasteiger partial charge in [0.2, 0.25) is 0 Å². The van der Waals surface area contributed by atoms with Crippen LogP contribution in [0.4, 0.5) is 0 Å². The van der Waals surface area contributed by atoms with Crippen molar-refractivity contribution in [2.45, 2.75) is 26.4 Å². The first-order valence-corrected chi connectivity index (χ1v) is 7.84. The van der Waals surface area contributed by atoms with Gasteiger partial charge in [0.1, 0.15) is 12.4 Å². The summed E-state index contributed by atoms with van der Waals surface area (Å²) < 4.78 is 6.51. The van der Waals surface area contributed by atoms with Crippen LogP contribution in [0.2, 0.25) is 0 Å². The molecule has 1 heterocycles. The molecule has 2 rings (SSSR count). The fraction of sp³-hybridized carbons (Fsp3) is 0.438. The predicted octanol–water partition coefficient (Wildman–Crippen LogP) is 2.75. The largest absolute Gasteiger partial charge is 0.488 e. The minimum atomic E-state index is -0.513. The van der Waals surface area contributed by atoms with Gasteiger partial charge in [0.05, 0.1) is 11.7 Å². The van der Waals surface area contributed by atoms with Crippen molar-refractivity contribution < 1.29 is 14.6 Å². The standard InChI is InChI=1S/C16H20BrNO3/c1-10(2)5-14(19)8-18-16(20)12-6-11-7-13(17)3-4-15(11)21-9-12/h3-4,6-7,10,14,19H,5,8-9H2,1-2H3,(H,18,20). The zero-order valence-electron chi connectivity index (χ0n) is 12.2. The number of carbonyl (C=O) groups excluding carboxylic acids is 1. The van der Waals surface area contributed by atoms with Crippen LogP contribution in [0.5, 0.6) is 5.75 Å². The molecule has 2 N–H and O–H groups in total. The molecule has 5 heteroatoms. The third-order valence-corrected chi connectivity index (χ3v) is 3.71. The second-order valence-corrected chi connectivity index (χ2v) is 6.55. The van der Waals surface area contributed by atoms with Gasteiger partial charge in [-0.25, -0.2) is 0 Å². The lowest BCUT2D eigenvalue weighted by Gasteiger charge is -2.19. The Labute approximate surface area is 133 Å². The molecule has 0 fully saturated rings. The van der Waals surface area contributed by atoms with Crippen LogP contribution in [0.25, 0.3) is 6.08 Å². The first kappa shape index (κ1) is 16.0. The van der Waals surface area contributed by atoms with Gasteiger partial charge in [-0.05, 0) is 36.6 Å². The van der Waals surface area contributed by atoms with E-state index in [0.717, 1.165) is 15.8 Å². The van der Waals surface area contributed by atoms with E-state index in [4.69, 9.17) is 4.74 Å². The van der Waals surface area contributed by atoms with Gasteiger partial charge in [-0.3, -0.25) is 4.79 Å². The normalized spacial score (nSPS) is 15.0. The van der Waals surface area contributed by atoms with Gasteiger partial charge in [0, 0.05) is 16.6 Å². The van der Waals surface area contributed by atoms with Crippen LogP contribution in [0, 0.1) is 5.92 Å². The maximum absolute atomic E-state index is 12.1. The van der Waals surface area contributed by atoms with Gasteiger partial charge in [0.25, 0.3) is 5.91 Å². The molecule has 0 saturated carbocycles. The number of benzene rings is 1. The fourth-order valence-corrected chi connectivity index (χ4v) is 2.61. The van der Waals surface area contributed by atoms with Crippen LogP contribution < -0.4 is 10.1 Å². The average Bonchev–Trinajstić information content (AvgIpc) is 2.43. The van der Waals surface area contributed by atoms with Gasteiger partial charge in [-0.15, -0.1) is 0 Å². The average molecular weight is 354 g/mol. The van der Waals surface area contributed by atoms with E-state index in [1.807, 2.05) is 38.1 Å². The predicted molar refractivity (Wildman–Crippen MR) is 86.1 cm³/mol. The number of nitrogens with one attached hydrogen (secondary N) is 1. The van der Waals surface area contributed by atoms with Crippen LogP contribution in [-0.4, -0.2) is 30.3 Å². The fourth-order valence-electron chi connectivity index (χ4n) is 2.23. The molecule has 1 aliphatic rings. The summed E-state index contributed by atoms with van der Waals surface area (Å²) >= 11 is 3.40. The van der Waals surface area contributed by atoms with Crippen LogP contribution in [-0.2, 0) is 4.79 Å². The number of rotatable bonds is 5. The van der Waals surface area contributed by atoms with Gasteiger partial charge < -0.3 is 15.2 Å². The van der Waals surface area contributed by atoms with E-state index < -0.39 is 6.10 Å². The Morgan fingerprint density at radius 3 is 2.95 bits per heavy atom. The topological polar surface area (TPSA) is 58.6 Å². The second kappa shape index (κ2) is 7.09. The summed E-state index contributed by atoms with van der Waals surface area (Å²) in [6.45, 7) is 4.59. The smallest absolute Gasteiger partial charge is 0.250 e. The van der Waals surface area contributed by atoms with Crippen molar-refractivity contribution in [3.63, 3.8) is 0 Å². The van der Waals surface area contributed by atoms with Gasteiger partial charge in [-0.2, -0.15) is 0 Å². The number of amides is 1. The Morgan fingerprint density at radius 2 is 2.24 bits per heavy atom. The van der Waals surface area contributed by atoms with Crippen LogP contribution in [0.15, 0.2) is 28.2 Å². The number of aliphatic hydroxyl groups is 1. The summed E-state index contributed by atoms with van der Waals surface area (Å²) in [6, 6.07) is 5.69. The van der Waals surface area contributed by atoms with E-state index in [1.54, 1.807) is 0 Å². The first-order valence-electron chi connectivity index (χ1n) is 7.05. The maximum Gasteiger partial charge on any atom is 0.250 e. The lowest BCUT2D eigenvalue weighted by atomic mass is 10.1. The number of aliphatic hydroxyl groups excluding tert-OH is 1. The van der Waals surface area contributed by atoms with Gasteiger partial charge in [0.15, 0.2) is 0 Å². The highest BCUT2D eigenvalue weighted by molar-refractivity contribution is 9.10. The molecule has 0 aliphatic carbocycles. The van der Waals surface area contributed by atoms with Crippen molar-refractivity contribution in [2.75, 3.05) is 13.2 Å². The van der Waals surface area contributed by atoms with E-state index in [0.29, 0.717) is 17.9 Å². The molecule has 0 bridgehead atoms. The van der Waals surface area contributed by atoms with E-state index in [9.17, 15) is 9.90 Å². The molecule has 1 aromatic rings. The molecule has 21 heavy (non-hydrogen) atoms. The van der Waals surface area contributed by atoms with Crippen molar-refractivity contribution in [3.8, 4) is 5.75 Å². The summed E-state index contributed by atoms with van der Waals surface area (Å²) in [5.74, 6) is 0.983. The maximum atomic E-state index is 12.1. The molecule has 1 aromatic carbocycles. The Morgan fingerprint density at radius 1 is 1.48 bits per heavy atom. The van der Waals surface area contributed by atoms with Crippen LogP contribution in [0.1, 0.15) is 25.8 Å². The quantitative estimate of drug-likeness (QED) is 0.855. The van der Waals surface area contributed by atoms with E-state index >= 15 is 0 Å². The molecule has 1 unspecified atom stereocenters. The van der Waals surface area contributed by atoms with Crippen molar-refractivity contribution in [3.05, 3.63) is 33.8 Å². The number of hydrogen-bond acceptors (Lipinski definition) is 3. The third-order valence-electron chi connectivity index (χ3n) is 3.22. The van der Waals surface area contributed by atoms with E-state index in [-0.39, 0.29) is 19.1 Å². The van der Waals surface area contributed by atoms with E-state index in [2.05, 4.69) is 21.2 Å². The minimum absolute atomic E-state index is 0.191. The number of carbonyl (C=O) groups is 1. The monoisotopic (exact) mass is 353 g/mol. The molecule has 0 saturated heterocycles. The number of ether oxygens (including phenoxy) is 1. The molecule has 1 amide bonds. The molecule has 1 atom stereocenters. The van der Waals surface area contributed by atoms with Crippen molar-refractivity contribution in [2.24, 2.45) is 5.92 Å². The van der Waals surface area contributed by atoms with Crippen molar-refractivity contribution in [1.82, 2.24) is 5.32 Å². The lowest BCUT2D eigenvalue weighted by molar-refractivity contribution is -0.118. The first-order chi connectivity index (χ1) is 9.95. The minimum Gasteiger partial charge on any atom is -0.488 e. The molecule has 1 aliphatic heterocycles. The lowest BCUT2D eigenvalue weighted by Crippen LogP contribution is -2.35. The summed E-state index contributed by atoms with van der Waals surface area (Å²) in [7, 11) is 0. The SMILES string of the molecule is CC(C)CC(O)CNC(=O)C1=Cc2cc(Br)ccc2OC1. The molecular weight excluding hydrogens is 334 g/mol. The summed E-state index contributed by atoms with van der Waals surface area (Å²) in [5, 5.41) is 12.5. The highest BCUT2D eigenvalue weighted by Crippen LogP contribution is 2.29. The Bertz CT molecular complexity index is 554. The summed E-state index contributed by atoms with van der Waals surface area (Å²) in [6.07, 6.45) is 1.99. The highest BCUT2D eigenvalue weighted by Gasteiger charge is 2.18. The highest BCUT2D eigenvalue weighted by atomic mass is 79.9. The number of halogens is 1. The van der Waals surface area contributed by atoms with Crippen LogP contribution >= 0.6 is 15.9 Å². The molecule has 114 valence electrons. The zero-order valence-corrected chi connectivity index (χ0v) is 13.8. The van der Waals surface area contributed by atoms with Crippen molar-refractivity contribution in [1.29, 1.82) is 0 Å². The summed E-state index contributed by atoms with van der Waals surface area (Å²) in [4.78, 5) is 12.1. The molecule has 4 nitrogen and oxygen atoms in total. The molecule has 0 radical (unpaired) electrons. The molecular formula is C16H20BrNO3. The summed E-state index contributed by atoms with van der Waals surface area (Å²) in [5.41, 5.74) is 1.45. The van der Waals surface area contributed by atoms with Crippen LogP contribution in [0.3, 0.4) is 0 Å². The Kier molecular flexibility index (Phi) is 5.42. The van der Waals surface area contributed by atoms with Gasteiger partial charge in [-0.1, -0.05) is 29.8 Å². The molecule has 0 aromatic heterocycles. The van der Waals surface area contributed by atoms with Crippen molar-refractivity contribution >= 4 is 27.9 Å². The molecule has 0 spiro atoms. The van der Waals surface area contributed by atoms with Gasteiger partial charge >= 0.3 is 0 Å². The number of fused-ring (bicyclic) bond motifs is 1.